The van der Waals surface area contributed by atoms with Gasteiger partial charge in [-0.3, -0.25) is 19.7 Å². The van der Waals surface area contributed by atoms with E-state index in [0.717, 1.165) is 33.9 Å². The predicted molar refractivity (Wildman–Crippen MR) is 125 cm³/mol. The lowest BCUT2D eigenvalue weighted by Gasteiger charge is -2.08. The SMILES string of the molecule is CC(C)CC(=O)Nc1cncc(-c2ccc3[nH]nc(C#Cc4ccc(C=O)cc4)c3c2)c1. The Bertz CT molecular complexity index is 1340. The summed E-state index contributed by atoms with van der Waals surface area (Å²) in [7, 11) is 0. The van der Waals surface area contributed by atoms with Crippen molar-refractivity contribution < 1.29 is 9.59 Å². The standard InChI is InChI=1S/C26H22N4O2/c1-17(2)11-26(32)28-22-12-21(14-27-15-22)20-8-10-25-23(13-20)24(29-30-25)9-7-18-3-5-19(16-31)6-4-18/h3-6,8,10,12-17H,11H2,1-2H3,(H,28,32)(H,29,30). The Labute approximate surface area is 186 Å². The number of pyridine rings is 1. The predicted octanol–water partition coefficient (Wildman–Crippen LogP) is 4.82. The van der Waals surface area contributed by atoms with Crippen LogP contribution in [-0.4, -0.2) is 27.4 Å². The monoisotopic (exact) mass is 422 g/mol. The summed E-state index contributed by atoms with van der Waals surface area (Å²) in [6.45, 7) is 4.02. The average molecular weight is 422 g/mol. The number of fused-ring (bicyclic) bond motifs is 1. The van der Waals surface area contributed by atoms with Gasteiger partial charge in [0.05, 0.1) is 17.4 Å². The third kappa shape index (κ3) is 4.90. The van der Waals surface area contributed by atoms with Crippen molar-refractivity contribution in [1.82, 2.24) is 15.2 Å². The second kappa shape index (κ2) is 9.27. The van der Waals surface area contributed by atoms with E-state index in [9.17, 15) is 9.59 Å². The van der Waals surface area contributed by atoms with Gasteiger partial charge in [0.15, 0.2) is 0 Å². The van der Waals surface area contributed by atoms with Crippen LogP contribution >= 0.6 is 0 Å². The van der Waals surface area contributed by atoms with Crippen LogP contribution in [0, 0.1) is 17.8 Å². The number of aldehydes is 1. The van der Waals surface area contributed by atoms with Crippen LogP contribution in [0.2, 0.25) is 0 Å². The highest BCUT2D eigenvalue weighted by atomic mass is 16.1. The van der Waals surface area contributed by atoms with Crippen LogP contribution in [0.25, 0.3) is 22.0 Å². The molecule has 0 aliphatic heterocycles. The molecule has 2 aromatic carbocycles. The van der Waals surface area contributed by atoms with Gasteiger partial charge in [0.2, 0.25) is 5.91 Å². The molecular formula is C26H22N4O2. The fourth-order valence-corrected chi connectivity index (χ4v) is 3.31. The Morgan fingerprint density at radius 2 is 1.88 bits per heavy atom. The first-order chi connectivity index (χ1) is 15.5. The molecular weight excluding hydrogens is 400 g/mol. The maximum atomic E-state index is 12.1. The summed E-state index contributed by atoms with van der Waals surface area (Å²) in [5.74, 6) is 6.45. The van der Waals surface area contributed by atoms with Crippen LogP contribution in [0.4, 0.5) is 5.69 Å². The van der Waals surface area contributed by atoms with Crippen LogP contribution in [0.5, 0.6) is 0 Å². The number of anilines is 1. The van der Waals surface area contributed by atoms with Gasteiger partial charge in [-0.1, -0.05) is 38.0 Å². The first-order valence-electron chi connectivity index (χ1n) is 10.3. The first kappa shape index (κ1) is 21.0. The maximum absolute atomic E-state index is 12.1. The Balaban J connectivity index is 1.62. The normalized spacial score (nSPS) is 10.6. The Hall–Kier alpha value is -4.24. The van der Waals surface area contributed by atoms with E-state index in [2.05, 4.69) is 32.3 Å². The van der Waals surface area contributed by atoms with Crippen molar-refractivity contribution in [3.8, 4) is 23.0 Å². The number of amides is 1. The zero-order valence-corrected chi connectivity index (χ0v) is 17.8. The van der Waals surface area contributed by atoms with Crippen LogP contribution < -0.4 is 5.32 Å². The summed E-state index contributed by atoms with van der Waals surface area (Å²) in [4.78, 5) is 27.2. The van der Waals surface area contributed by atoms with Crippen LogP contribution in [-0.2, 0) is 4.79 Å². The number of H-pyrrole nitrogens is 1. The molecule has 0 aliphatic rings. The number of hydrogen-bond donors (Lipinski definition) is 2. The van der Waals surface area contributed by atoms with E-state index in [0.29, 0.717) is 23.4 Å². The molecule has 0 saturated carbocycles. The molecule has 4 rings (SSSR count). The molecule has 1 amide bonds. The number of nitrogens with one attached hydrogen (secondary N) is 2. The van der Waals surface area contributed by atoms with E-state index in [1.807, 2.05) is 50.2 Å². The molecule has 0 bridgehead atoms. The molecule has 0 aliphatic carbocycles. The van der Waals surface area contributed by atoms with Gasteiger partial charge in [-0.15, -0.1) is 0 Å². The molecule has 0 spiro atoms. The van der Waals surface area contributed by atoms with Gasteiger partial charge in [-0.2, -0.15) is 5.10 Å². The number of benzene rings is 2. The molecule has 2 heterocycles. The summed E-state index contributed by atoms with van der Waals surface area (Å²) in [6, 6.07) is 14.9. The van der Waals surface area contributed by atoms with E-state index in [4.69, 9.17) is 0 Å². The van der Waals surface area contributed by atoms with E-state index in [-0.39, 0.29) is 11.8 Å². The third-order valence-corrected chi connectivity index (χ3v) is 4.88. The molecule has 0 saturated heterocycles. The molecule has 2 aromatic heterocycles. The number of aromatic nitrogens is 3. The van der Waals surface area contributed by atoms with Crippen molar-refractivity contribution in [3.05, 3.63) is 77.7 Å². The minimum Gasteiger partial charge on any atom is -0.325 e. The largest absolute Gasteiger partial charge is 0.325 e. The van der Waals surface area contributed by atoms with Gasteiger partial charge in [-0.05, 0) is 47.7 Å². The van der Waals surface area contributed by atoms with Crippen molar-refractivity contribution in [2.24, 2.45) is 5.92 Å². The second-order valence-corrected chi connectivity index (χ2v) is 7.93. The molecule has 6 nitrogen and oxygen atoms in total. The number of carbonyl (C=O) groups is 2. The number of hydrogen-bond acceptors (Lipinski definition) is 4. The number of carbonyl (C=O) groups excluding carboxylic acids is 2. The zero-order chi connectivity index (χ0) is 22.5. The van der Waals surface area contributed by atoms with Crippen LogP contribution in [0.3, 0.4) is 0 Å². The highest BCUT2D eigenvalue weighted by Gasteiger charge is 2.09. The smallest absolute Gasteiger partial charge is 0.224 e. The van der Waals surface area contributed by atoms with Crippen molar-refractivity contribution in [1.29, 1.82) is 0 Å². The van der Waals surface area contributed by atoms with Gasteiger partial charge in [0.1, 0.15) is 12.0 Å². The molecule has 0 atom stereocenters. The highest BCUT2D eigenvalue weighted by Crippen LogP contribution is 2.26. The van der Waals surface area contributed by atoms with E-state index in [1.54, 1.807) is 24.5 Å². The molecule has 0 unspecified atom stereocenters. The highest BCUT2D eigenvalue weighted by molar-refractivity contribution is 5.92. The fourth-order valence-electron chi connectivity index (χ4n) is 3.31. The quantitative estimate of drug-likeness (QED) is 0.356. The van der Waals surface area contributed by atoms with Gasteiger partial charge >= 0.3 is 0 Å². The lowest BCUT2D eigenvalue weighted by atomic mass is 10.0. The third-order valence-electron chi connectivity index (χ3n) is 4.88. The van der Waals surface area contributed by atoms with Crippen molar-refractivity contribution in [2.45, 2.75) is 20.3 Å². The molecule has 2 N–H and O–H groups in total. The van der Waals surface area contributed by atoms with E-state index >= 15 is 0 Å². The molecule has 0 fully saturated rings. The summed E-state index contributed by atoms with van der Waals surface area (Å²) >= 11 is 0. The van der Waals surface area contributed by atoms with Crippen molar-refractivity contribution in [2.75, 3.05) is 5.32 Å². The summed E-state index contributed by atoms with van der Waals surface area (Å²) < 4.78 is 0. The summed E-state index contributed by atoms with van der Waals surface area (Å²) in [6.07, 6.45) is 4.68. The Morgan fingerprint density at radius 3 is 2.62 bits per heavy atom. The lowest BCUT2D eigenvalue weighted by Crippen LogP contribution is -2.13. The Kier molecular flexibility index (Phi) is 6.09. The number of rotatable bonds is 5. The molecule has 0 radical (unpaired) electrons. The lowest BCUT2D eigenvalue weighted by molar-refractivity contribution is -0.116. The summed E-state index contributed by atoms with van der Waals surface area (Å²) in [5, 5.41) is 11.1. The minimum absolute atomic E-state index is 0.0250. The van der Waals surface area contributed by atoms with Gasteiger partial charge in [0, 0.05) is 34.7 Å². The van der Waals surface area contributed by atoms with Crippen LogP contribution in [0.1, 0.15) is 41.9 Å². The zero-order valence-electron chi connectivity index (χ0n) is 17.8. The van der Waals surface area contributed by atoms with Gasteiger partial charge in [0.25, 0.3) is 0 Å². The van der Waals surface area contributed by atoms with E-state index in [1.165, 1.54) is 0 Å². The molecule has 158 valence electrons. The number of aromatic amines is 1. The maximum Gasteiger partial charge on any atom is 0.224 e. The van der Waals surface area contributed by atoms with Crippen molar-refractivity contribution >= 4 is 28.8 Å². The van der Waals surface area contributed by atoms with E-state index < -0.39 is 0 Å². The Morgan fingerprint density at radius 1 is 1.06 bits per heavy atom. The molecule has 4 aromatic rings. The first-order valence-corrected chi connectivity index (χ1v) is 10.3. The van der Waals surface area contributed by atoms with Crippen LogP contribution in [0.15, 0.2) is 60.9 Å². The second-order valence-electron chi connectivity index (χ2n) is 7.93. The summed E-state index contributed by atoms with van der Waals surface area (Å²) in [5.41, 5.74) is 5.43. The number of nitrogens with zero attached hydrogens (tertiary/aromatic N) is 2. The molecule has 6 heteroatoms. The van der Waals surface area contributed by atoms with Crippen molar-refractivity contribution in [3.63, 3.8) is 0 Å². The average Bonchev–Trinajstić information content (AvgIpc) is 3.20. The molecule has 32 heavy (non-hydrogen) atoms. The van der Waals surface area contributed by atoms with Gasteiger partial charge in [-0.25, -0.2) is 0 Å². The topological polar surface area (TPSA) is 87.7 Å². The minimum atomic E-state index is -0.0250. The fraction of sp³-hybridized carbons (Fsp3) is 0.154. The van der Waals surface area contributed by atoms with Gasteiger partial charge < -0.3 is 5.32 Å².